The Labute approximate surface area is 208 Å². The van der Waals surface area contributed by atoms with E-state index in [0.717, 1.165) is 17.1 Å². The van der Waals surface area contributed by atoms with Crippen LogP contribution in [0.3, 0.4) is 0 Å². The standard InChI is InChI=1S/C27H24FN5OS/c28-19-11-13-20(14-12-19)30-24(34)15-18-33-26(25(31-27(33)35)22-9-4-5-16-29-22)23-10-6-17-32(23)21-7-2-1-3-8-21/h1-14,16-17,25-26H,15,18H2,(H,30,34)(H,31,35)/t25-,26+/m0/s1. The zero-order valence-corrected chi connectivity index (χ0v) is 19.7. The van der Waals surface area contributed by atoms with Gasteiger partial charge < -0.3 is 20.1 Å². The third kappa shape index (κ3) is 4.93. The van der Waals surface area contributed by atoms with Crippen molar-refractivity contribution in [3.8, 4) is 5.69 Å². The first-order valence-electron chi connectivity index (χ1n) is 11.4. The molecule has 0 aliphatic carbocycles. The minimum Gasteiger partial charge on any atom is -0.352 e. The fourth-order valence-electron chi connectivity index (χ4n) is 4.41. The Balaban J connectivity index is 1.42. The van der Waals surface area contributed by atoms with E-state index in [4.69, 9.17) is 12.2 Å². The normalized spacial score (nSPS) is 17.3. The molecule has 0 bridgehead atoms. The molecule has 0 unspecified atom stereocenters. The number of nitrogens with one attached hydrogen (secondary N) is 2. The summed E-state index contributed by atoms with van der Waals surface area (Å²) in [5.41, 5.74) is 3.51. The molecule has 176 valence electrons. The van der Waals surface area contributed by atoms with Gasteiger partial charge in [-0.1, -0.05) is 24.3 Å². The number of para-hydroxylation sites is 1. The number of amides is 1. The van der Waals surface area contributed by atoms with Gasteiger partial charge in [0.15, 0.2) is 5.11 Å². The highest BCUT2D eigenvalue weighted by atomic mass is 32.1. The molecule has 2 atom stereocenters. The van der Waals surface area contributed by atoms with Crippen molar-refractivity contribution in [2.45, 2.75) is 18.5 Å². The number of halogens is 1. The predicted molar refractivity (Wildman–Crippen MR) is 138 cm³/mol. The van der Waals surface area contributed by atoms with Crippen LogP contribution in [0, 0.1) is 5.82 Å². The second-order valence-corrected chi connectivity index (χ2v) is 8.65. The monoisotopic (exact) mass is 485 g/mol. The van der Waals surface area contributed by atoms with Gasteiger partial charge in [0.05, 0.1) is 17.8 Å². The zero-order valence-electron chi connectivity index (χ0n) is 18.8. The van der Waals surface area contributed by atoms with E-state index < -0.39 is 0 Å². The Kier molecular flexibility index (Phi) is 6.54. The first-order chi connectivity index (χ1) is 17.1. The second-order valence-electron chi connectivity index (χ2n) is 8.26. The molecule has 2 aromatic heterocycles. The Bertz CT molecular complexity index is 1310. The number of rotatable bonds is 7. The van der Waals surface area contributed by atoms with E-state index in [-0.39, 0.29) is 30.2 Å². The number of hydrogen-bond donors (Lipinski definition) is 2. The Hall–Kier alpha value is -4.04. The molecule has 1 amide bonds. The summed E-state index contributed by atoms with van der Waals surface area (Å²) in [6, 6.07) is 25.4. The van der Waals surface area contributed by atoms with E-state index in [1.807, 2.05) is 53.6 Å². The lowest BCUT2D eigenvalue weighted by atomic mass is 10.0. The summed E-state index contributed by atoms with van der Waals surface area (Å²) < 4.78 is 15.3. The van der Waals surface area contributed by atoms with E-state index in [0.29, 0.717) is 17.3 Å². The van der Waals surface area contributed by atoms with Crippen LogP contribution < -0.4 is 10.6 Å². The summed E-state index contributed by atoms with van der Waals surface area (Å²) in [4.78, 5) is 19.3. The van der Waals surface area contributed by atoms with Crippen molar-refractivity contribution in [1.82, 2.24) is 19.8 Å². The molecule has 3 heterocycles. The Morgan fingerprint density at radius 1 is 1.00 bits per heavy atom. The van der Waals surface area contributed by atoms with Crippen LogP contribution in [0.15, 0.2) is 97.3 Å². The van der Waals surface area contributed by atoms with Crippen LogP contribution in [-0.4, -0.2) is 32.0 Å². The summed E-state index contributed by atoms with van der Waals surface area (Å²) in [7, 11) is 0. The number of nitrogens with zero attached hydrogens (tertiary/aromatic N) is 3. The predicted octanol–water partition coefficient (Wildman–Crippen LogP) is 5.01. The van der Waals surface area contributed by atoms with Crippen LogP contribution in [0.5, 0.6) is 0 Å². The highest BCUT2D eigenvalue weighted by molar-refractivity contribution is 7.80. The molecule has 1 saturated heterocycles. The van der Waals surface area contributed by atoms with Crippen LogP contribution in [0.2, 0.25) is 0 Å². The molecule has 2 N–H and O–H groups in total. The smallest absolute Gasteiger partial charge is 0.226 e. The summed E-state index contributed by atoms with van der Waals surface area (Å²) in [6.45, 7) is 0.410. The fourth-order valence-corrected chi connectivity index (χ4v) is 4.74. The largest absolute Gasteiger partial charge is 0.352 e. The molecule has 4 aromatic rings. The quantitative estimate of drug-likeness (QED) is 0.360. The molecule has 0 spiro atoms. The average molecular weight is 486 g/mol. The van der Waals surface area contributed by atoms with Gasteiger partial charge >= 0.3 is 0 Å². The van der Waals surface area contributed by atoms with Crippen LogP contribution in [0.25, 0.3) is 5.69 Å². The van der Waals surface area contributed by atoms with Crippen molar-refractivity contribution in [3.63, 3.8) is 0 Å². The number of aromatic nitrogens is 2. The lowest BCUT2D eigenvalue weighted by Crippen LogP contribution is -2.33. The highest BCUT2D eigenvalue weighted by Gasteiger charge is 2.41. The number of hydrogen-bond acceptors (Lipinski definition) is 3. The third-order valence-electron chi connectivity index (χ3n) is 6.02. The van der Waals surface area contributed by atoms with Crippen LogP contribution >= 0.6 is 12.2 Å². The minimum atomic E-state index is -0.346. The van der Waals surface area contributed by atoms with E-state index in [1.165, 1.54) is 12.1 Å². The molecule has 1 aliphatic rings. The average Bonchev–Trinajstić information content (AvgIpc) is 3.49. The molecular weight excluding hydrogens is 461 g/mol. The first kappa shape index (κ1) is 22.7. The van der Waals surface area contributed by atoms with Gasteiger partial charge in [-0.3, -0.25) is 9.78 Å². The zero-order chi connectivity index (χ0) is 24.2. The molecule has 5 rings (SSSR count). The van der Waals surface area contributed by atoms with E-state index in [1.54, 1.807) is 18.3 Å². The van der Waals surface area contributed by atoms with Gasteiger partial charge in [0, 0.05) is 42.4 Å². The van der Waals surface area contributed by atoms with Gasteiger partial charge in [0.2, 0.25) is 5.91 Å². The second kappa shape index (κ2) is 10.1. The van der Waals surface area contributed by atoms with E-state index in [9.17, 15) is 9.18 Å². The van der Waals surface area contributed by atoms with Gasteiger partial charge in [-0.25, -0.2) is 4.39 Å². The van der Waals surface area contributed by atoms with Gasteiger partial charge in [-0.2, -0.15) is 0 Å². The van der Waals surface area contributed by atoms with Crippen molar-refractivity contribution in [3.05, 3.63) is 115 Å². The molecule has 35 heavy (non-hydrogen) atoms. The first-order valence-corrected chi connectivity index (χ1v) is 11.8. The van der Waals surface area contributed by atoms with Gasteiger partial charge in [-0.15, -0.1) is 0 Å². The van der Waals surface area contributed by atoms with Crippen molar-refractivity contribution < 1.29 is 9.18 Å². The number of anilines is 1. The summed E-state index contributed by atoms with van der Waals surface area (Å²) in [6.07, 6.45) is 4.02. The van der Waals surface area contributed by atoms with Crippen LogP contribution in [-0.2, 0) is 4.79 Å². The van der Waals surface area contributed by atoms with Crippen LogP contribution in [0.4, 0.5) is 10.1 Å². The molecule has 1 fully saturated rings. The van der Waals surface area contributed by atoms with Gasteiger partial charge in [0.1, 0.15) is 5.82 Å². The lowest BCUT2D eigenvalue weighted by Gasteiger charge is -2.28. The maximum Gasteiger partial charge on any atom is 0.226 e. The summed E-state index contributed by atoms with van der Waals surface area (Å²) >= 11 is 5.73. The van der Waals surface area contributed by atoms with Gasteiger partial charge in [-0.05, 0) is 72.9 Å². The highest BCUT2D eigenvalue weighted by Crippen LogP contribution is 2.39. The molecular formula is C27H24FN5OS. The third-order valence-corrected chi connectivity index (χ3v) is 6.38. The van der Waals surface area contributed by atoms with Gasteiger partial charge in [0.25, 0.3) is 0 Å². The molecule has 0 saturated carbocycles. The van der Waals surface area contributed by atoms with Crippen molar-refractivity contribution >= 4 is 28.9 Å². The van der Waals surface area contributed by atoms with Crippen molar-refractivity contribution in [2.24, 2.45) is 0 Å². The number of carbonyl (C=O) groups is 1. The van der Waals surface area contributed by atoms with E-state index >= 15 is 0 Å². The maximum atomic E-state index is 13.2. The number of benzene rings is 2. The molecule has 2 aromatic carbocycles. The lowest BCUT2D eigenvalue weighted by molar-refractivity contribution is -0.116. The summed E-state index contributed by atoms with van der Waals surface area (Å²) in [5.74, 6) is -0.515. The van der Waals surface area contributed by atoms with Crippen molar-refractivity contribution in [1.29, 1.82) is 0 Å². The molecule has 6 nitrogen and oxygen atoms in total. The number of thiocarbonyl (C=S) groups is 1. The topological polar surface area (TPSA) is 62.2 Å². The van der Waals surface area contributed by atoms with Crippen LogP contribution in [0.1, 0.15) is 29.9 Å². The summed E-state index contributed by atoms with van der Waals surface area (Å²) in [5, 5.41) is 6.82. The minimum absolute atomic E-state index is 0.169. The SMILES string of the molecule is O=C(CCN1C(=S)N[C@@H](c2ccccn2)[C@H]1c1cccn1-c1ccccc1)Nc1ccc(F)cc1. The maximum absolute atomic E-state index is 13.2. The van der Waals surface area contributed by atoms with Crippen molar-refractivity contribution in [2.75, 3.05) is 11.9 Å². The Morgan fingerprint density at radius 2 is 1.77 bits per heavy atom. The molecule has 1 aliphatic heterocycles. The number of pyridine rings is 1. The molecule has 0 radical (unpaired) electrons. The fraction of sp³-hybridized carbons (Fsp3) is 0.148. The Morgan fingerprint density at radius 3 is 2.51 bits per heavy atom. The van der Waals surface area contributed by atoms with E-state index in [2.05, 4.69) is 38.4 Å². The number of carbonyl (C=O) groups excluding carboxylic acids is 1. The molecule has 8 heteroatoms.